The lowest BCUT2D eigenvalue weighted by molar-refractivity contribution is 0.815. The van der Waals surface area contributed by atoms with Crippen molar-refractivity contribution in [3.8, 4) is 0 Å². The lowest BCUT2D eigenvalue weighted by Crippen LogP contribution is -1.64. The van der Waals surface area contributed by atoms with Gasteiger partial charge in [-0.05, 0) is 13.0 Å². The van der Waals surface area contributed by atoms with Crippen molar-refractivity contribution in [2.24, 2.45) is 0 Å². The van der Waals surface area contributed by atoms with Crippen LogP contribution in [0.2, 0.25) is 0 Å². The first kappa shape index (κ1) is 7.48. The highest BCUT2D eigenvalue weighted by atomic mass is 13.8. The van der Waals surface area contributed by atoms with Gasteiger partial charge in [-0.2, -0.15) is 0 Å². The van der Waals surface area contributed by atoms with Crippen molar-refractivity contribution in [3.05, 3.63) is 24.8 Å². The van der Waals surface area contributed by atoms with Crippen LogP contribution in [-0.4, -0.2) is 0 Å². The monoisotopic (exact) mass is 108 g/mol. The molecule has 0 rings (SSSR count). The molecular weight excluding hydrogens is 96.1 g/mol. The molecule has 0 saturated heterocycles. The molecule has 0 N–H and O–H groups in total. The number of rotatable bonds is 4. The highest BCUT2D eigenvalue weighted by Gasteiger charge is 1.73. The summed E-state index contributed by atoms with van der Waals surface area (Å²) in [5, 5.41) is 0. The number of allylic oxidation sites excluding steroid dienone is 3. The topological polar surface area (TPSA) is 0 Å². The maximum absolute atomic E-state index is 6.63. The van der Waals surface area contributed by atoms with Gasteiger partial charge in [0.1, 0.15) is 0 Å². The molecule has 0 aliphatic carbocycles. The van der Waals surface area contributed by atoms with Crippen LogP contribution in [0.4, 0.5) is 0 Å². The largest absolute Gasteiger partial charge is 0.0845 e. The Morgan fingerprint density at radius 3 is 2.75 bits per heavy atom. The Kier molecular flexibility index (Phi) is 6.06. The van der Waals surface area contributed by atoms with E-state index < -0.39 is 0 Å². The van der Waals surface area contributed by atoms with Gasteiger partial charge in [0.2, 0.25) is 0 Å². The summed E-state index contributed by atoms with van der Waals surface area (Å²) in [6.07, 6.45) is 8.71. The van der Waals surface area contributed by atoms with Gasteiger partial charge in [0.25, 0.3) is 0 Å². The minimum atomic E-state index is 1.12. The van der Waals surface area contributed by atoms with Crippen LogP contribution in [0.25, 0.3) is 0 Å². The van der Waals surface area contributed by atoms with Gasteiger partial charge in [-0.3, -0.25) is 0 Å². The van der Waals surface area contributed by atoms with Gasteiger partial charge in [-0.15, -0.1) is 0 Å². The van der Waals surface area contributed by atoms with E-state index >= 15 is 0 Å². The average molecular weight is 108 g/mol. The first-order chi connectivity index (χ1) is 3.91. The van der Waals surface area contributed by atoms with Gasteiger partial charge in [-0.25, -0.2) is 0 Å². The highest BCUT2D eigenvalue weighted by Crippen LogP contribution is 1.93. The van der Waals surface area contributed by atoms with Crippen LogP contribution in [0.5, 0.6) is 0 Å². The number of unbranched alkanes of at least 4 members (excludes halogenated alkanes) is 2. The SMILES string of the molecule is [C]=C/C=C/CCCC. The van der Waals surface area contributed by atoms with Crippen molar-refractivity contribution in [1.82, 2.24) is 0 Å². The lowest BCUT2D eigenvalue weighted by atomic mass is 10.2. The van der Waals surface area contributed by atoms with Crippen LogP contribution in [0.3, 0.4) is 0 Å². The third-order valence-electron chi connectivity index (χ3n) is 0.957. The van der Waals surface area contributed by atoms with E-state index in [1.165, 1.54) is 18.9 Å². The molecule has 0 unspecified atom stereocenters. The van der Waals surface area contributed by atoms with Crippen molar-refractivity contribution < 1.29 is 0 Å². The molecule has 0 aromatic rings. The Balaban J connectivity index is 2.91. The average Bonchev–Trinajstić information content (AvgIpc) is 1.81. The molecule has 0 heteroatoms. The second kappa shape index (κ2) is 6.48. The van der Waals surface area contributed by atoms with E-state index in [0.717, 1.165) is 6.42 Å². The maximum atomic E-state index is 6.63. The van der Waals surface area contributed by atoms with Crippen LogP contribution in [0.15, 0.2) is 18.2 Å². The molecule has 0 spiro atoms. The highest BCUT2D eigenvalue weighted by molar-refractivity contribution is 4.95. The fourth-order valence-electron chi connectivity index (χ4n) is 0.486. The Labute approximate surface area is 51.9 Å². The summed E-state index contributed by atoms with van der Waals surface area (Å²) in [4.78, 5) is 0. The van der Waals surface area contributed by atoms with E-state index in [1.807, 2.05) is 6.08 Å². The molecule has 0 fully saturated rings. The summed E-state index contributed by atoms with van der Waals surface area (Å²) in [6.45, 7) is 8.79. The Bertz CT molecular complexity index is 70.1. The fraction of sp³-hybridized carbons (Fsp3) is 0.500. The molecule has 8 heavy (non-hydrogen) atoms. The Morgan fingerprint density at radius 2 is 2.25 bits per heavy atom. The lowest BCUT2D eigenvalue weighted by Gasteiger charge is -1.84. The van der Waals surface area contributed by atoms with E-state index in [1.54, 1.807) is 6.08 Å². The second-order valence-electron chi connectivity index (χ2n) is 1.74. The molecule has 0 atom stereocenters. The zero-order valence-corrected chi connectivity index (χ0v) is 5.35. The van der Waals surface area contributed by atoms with Crippen molar-refractivity contribution in [2.45, 2.75) is 26.2 Å². The van der Waals surface area contributed by atoms with E-state index in [-0.39, 0.29) is 0 Å². The van der Waals surface area contributed by atoms with Crippen LogP contribution in [-0.2, 0) is 0 Å². The molecule has 0 heterocycles. The smallest absolute Gasteiger partial charge is 0.00991 e. The van der Waals surface area contributed by atoms with E-state index in [9.17, 15) is 0 Å². The van der Waals surface area contributed by atoms with Crippen LogP contribution in [0.1, 0.15) is 26.2 Å². The number of hydrogen-bond donors (Lipinski definition) is 0. The molecule has 0 nitrogen and oxygen atoms in total. The predicted molar refractivity (Wildman–Crippen MR) is 36.5 cm³/mol. The maximum Gasteiger partial charge on any atom is -0.00991 e. The van der Waals surface area contributed by atoms with Crippen molar-refractivity contribution >= 4 is 0 Å². The third kappa shape index (κ3) is 5.48. The molecule has 0 aliphatic rings. The molecular formula is C8H12. The quantitative estimate of drug-likeness (QED) is 0.383. The Hall–Kier alpha value is -0.520. The minimum absolute atomic E-state index is 1.12. The van der Waals surface area contributed by atoms with Gasteiger partial charge in [0.15, 0.2) is 0 Å². The summed E-state index contributed by atoms with van der Waals surface area (Å²) >= 11 is 0. The van der Waals surface area contributed by atoms with E-state index in [0.29, 0.717) is 0 Å². The van der Waals surface area contributed by atoms with Gasteiger partial charge in [0.05, 0.1) is 0 Å². The van der Waals surface area contributed by atoms with Crippen LogP contribution in [0, 0.1) is 6.58 Å². The summed E-state index contributed by atoms with van der Waals surface area (Å²) in [7, 11) is 0. The molecule has 0 bridgehead atoms. The van der Waals surface area contributed by atoms with E-state index in [2.05, 4.69) is 6.92 Å². The molecule has 0 aromatic heterocycles. The molecule has 0 saturated carbocycles. The molecule has 44 valence electrons. The summed E-state index contributed by atoms with van der Waals surface area (Å²) in [5.74, 6) is 0. The van der Waals surface area contributed by atoms with Crippen molar-refractivity contribution in [3.63, 3.8) is 0 Å². The summed E-state index contributed by atoms with van der Waals surface area (Å²) in [5.41, 5.74) is 0. The fourth-order valence-corrected chi connectivity index (χ4v) is 0.486. The molecule has 0 aromatic carbocycles. The standard InChI is InChI=1S/C8H12/c1-3-5-7-8-6-4-2/h4,6,8H,3,5,7H2,1H3/b8-6+. The number of hydrogen-bond acceptors (Lipinski definition) is 0. The van der Waals surface area contributed by atoms with Gasteiger partial charge < -0.3 is 0 Å². The van der Waals surface area contributed by atoms with Crippen LogP contribution >= 0.6 is 0 Å². The van der Waals surface area contributed by atoms with Crippen LogP contribution < -0.4 is 0 Å². The van der Waals surface area contributed by atoms with Crippen molar-refractivity contribution in [1.29, 1.82) is 0 Å². The van der Waals surface area contributed by atoms with E-state index in [4.69, 9.17) is 6.58 Å². The molecule has 0 aliphatic heterocycles. The second-order valence-corrected chi connectivity index (χ2v) is 1.74. The minimum Gasteiger partial charge on any atom is -0.0845 e. The molecule has 2 radical (unpaired) electrons. The van der Waals surface area contributed by atoms with Gasteiger partial charge in [-0.1, -0.05) is 38.0 Å². The normalized spacial score (nSPS) is 10.1. The first-order valence-electron chi connectivity index (χ1n) is 3.07. The zero-order valence-electron chi connectivity index (χ0n) is 5.35. The Morgan fingerprint density at radius 1 is 1.50 bits per heavy atom. The molecule has 0 amide bonds. The summed E-state index contributed by atoms with van der Waals surface area (Å²) in [6, 6.07) is 0. The third-order valence-corrected chi connectivity index (χ3v) is 0.957. The van der Waals surface area contributed by atoms with Crippen molar-refractivity contribution in [2.75, 3.05) is 0 Å². The summed E-state index contributed by atoms with van der Waals surface area (Å²) < 4.78 is 0. The van der Waals surface area contributed by atoms with Gasteiger partial charge in [0, 0.05) is 0 Å². The predicted octanol–water partition coefficient (Wildman–Crippen LogP) is 2.60. The zero-order chi connectivity index (χ0) is 6.24. The first-order valence-corrected chi connectivity index (χ1v) is 3.07. The van der Waals surface area contributed by atoms with Gasteiger partial charge >= 0.3 is 0 Å².